The monoisotopic (exact) mass is 295 g/mol. The molecule has 3 atom stereocenters. The molecule has 1 amide bonds. The number of hydrogen-bond acceptors (Lipinski definition) is 2. The van der Waals surface area contributed by atoms with Crippen LogP contribution in [0.3, 0.4) is 0 Å². The molecule has 1 saturated carbocycles. The summed E-state index contributed by atoms with van der Waals surface area (Å²) in [6, 6.07) is 2.91. The van der Waals surface area contributed by atoms with E-state index in [9.17, 15) is 18.4 Å². The summed E-state index contributed by atoms with van der Waals surface area (Å²) in [5, 5.41) is 9.10. The lowest BCUT2D eigenvalue weighted by Crippen LogP contribution is -2.41. The van der Waals surface area contributed by atoms with Crippen molar-refractivity contribution in [1.82, 2.24) is 4.90 Å². The summed E-state index contributed by atoms with van der Waals surface area (Å²) in [4.78, 5) is 24.9. The van der Waals surface area contributed by atoms with Crippen molar-refractivity contribution in [3.63, 3.8) is 0 Å². The number of amides is 1. The highest BCUT2D eigenvalue weighted by atomic mass is 19.2. The van der Waals surface area contributed by atoms with E-state index in [1.54, 1.807) is 0 Å². The molecule has 1 N–H and O–H groups in total. The van der Waals surface area contributed by atoms with Crippen molar-refractivity contribution < 1.29 is 23.5 Å². The Balaban J connectivity index is 1.71. The van der Waals surface area contributed by atoms with Gasteiger partial charge in [0.05, 0.1) is 0 Å². The Morgan fingerprint density at radius 2 is 2.00 bits per heavy atom. The van der Waals surface area contributed by atoms with Gasteiger partial charge in [0.1, 0.15) is 6.04 Å². The van der Waals surface area contributed by atoms with Crippen LogP contribution in [-0.4, -0.2) is 34.5 Å². The summed E-state index contributed by atoms with van der Waals surface area (Å²) >= 11 is 0. The number of carboxylic acids is 1. The summed E-state index contributed by atoms with van der Waals surface area (Å²) in [6.45, 7) is 0.455. The van der Waals surface area contributed by atoms with Crippen molar-refractivity contribution in [2.75, 3.05) is 6.54 Å². The van der Waals surface area contributed by atoms with E-state index in [0.717, 1.165) is 12.1 Å². The first-order valence-electron chi connectivity index (χ1n) is 6.97. The van der Waals surface area contributed by atoms with Crippen molar-refractivity contribution in [2.45, 2.75) is 31.2 Å². The van der Waals surface area contributed by atoms with Gasteiger partial charge >= 0.3 is 5.97 Å². The molecule has 0 spiro atoms. The zero-order valence-corrected chi connectivity index (χ0v) is 11.3. The van der Waals surface area contributed by atoms with E-state index in [2.05, 4.69) is 0 Å². The van der Waals surface area contributed by atoms with Crippen LogP contribution in [0.25, 0.3) is 0 Å². The van der Waals surface area contributed by atoms with Gasteiger partial charge in [0.25, 0.3) is 0 Å². The van der Waals surface area contributed by atoms with Crippen molar-refractivity contribution in [3.05, 3.63) is 35.4 Å². The number of hydrogen-bond donors (Lipinski definition) is 1. The van der Waals surface area contributed by atoms with Gasteiger partial charge in [-0.05, 0) is 42.9 Å². The number of benzene rings is 1. The molecule has 2 fully saturated rings. The fourth-order valence-electron chi connectivity index (χ4n) is 3.08. The number of halogens is 2. The first-order valence-corrected chi connectivity index (χ1v) is 6.97. The second-order valence-electron chi connectivity index (χ2n) is 5.65. The van der Waals surface area contributed by atoms with Crippen molar-refractivity contribution in [1.29, 1.82) is 0 Å². The van der Waals surface area contributed by atoms with E-state index in [0.29, 0.717) is 31.4 Å². The minimum atomic E-state index is -0.981. The third-order valence-corrected chi connectivity index (χ3v) is 4.30. The maximum absolute atomic E-state index is 13.2. The highest BCUT2D eigenvalue weighted by molar-refractivity contribution is 5.88. The van der Waals surface area contributed by atoms with Crippen LogP contribution in [0.4, 0.5) is 8.78 Å². The average Bonchev–Trinajstić information content (AvgIpc) is 3.08. The molecule has 0 bridgehead atoms. The van der Waals surface area contributed by atoms with E-state index in [-0.39, 0.29) is 17.7 Å². The van der Waals surface area contributed by atoms with E-state index < -0.39 is 23.6 Å². The third-order valence-electron chi connectivity index (χ3n) is 4.30. The molecule has 4 nitrogen and oxygen atoms in total. The van der Waals surface area contributed by atoms with Crippen LogP contribution in [-0.2, 0) is 9.59 Å². The Hall–Kier alpha value is -1.98. The Labute approximate surface area is 120 Å². The Morgan fingerprint density at radius 1 is 1.24 bits per heavy atom. The SMILES string of the molecule is O=C(O)C1CCCN1C(=O)C1CC1c1ccc(F)c(F)c1. The van der Waals surface area contributed by atoms with Gasteiger partial charge in [0.15, 0.2) is 11.6 Å². The topological polar surface area (TPSA) is 57.6 Å². The predicted molar refractivity (Wildman–Crippen MR) is 69.6 cm³/mol. The van der Waals surface area contributed by atoms with Crippen molar-refractivity contribution in [2.24, 2.45) is 5.92 Å². The van der Waals surface area contributed by atoms with Crippen LogP contribution >= 0.6 is 0 Å². The molecule has 1 saturated heterocycles. The molecule has 6 heteroatoms. The van der Waals surface area contributed by atoms with Gasteiger partial charge in [0, 0.05) is 12.5 Å². The van der Waals surface area contributed by atoms with Crippen molar-refractivity contribution >= 4 is 11.9 Å². The minimum absolute atomic E-state index is 0.136. The van der Waals surface area contributed by atoms with E-state index in [4.69, 9.17) is 5.11 Å². The molecule has 1 aromatic carbocycles. The first kappa shape index (κ1) is 14.0. The lowest BCUT2D eigenvalue weighted by Gasteiger charge is -2.21. The molecule has 3 unspecified atom stereocenters. The number of carbonyl (C=O) groups is 2. The average molecular weight is 295 g/mol. The summed E-state index contributed by atoms with van der Waals surface area (Å²) in [5.41, 5.74) is 0.596. The van der Waals surface area contributed by atoms with Crippen LogP contribution in [0.1, 0.15) is 30.7 Å². The highest BCUT2D eigenvalue weighted by Crippen LogP contribution is 2.49. The lowest BCUT2D eigenvalue weighted by molar-refractivity contribution is -0.148. The van der Waals surface area contributed by atoms with Crippen LogP contribution in [0.5, 0.6) is 0 Å². The summed E-state index contributed by atoms with van der Waals surface area (Å²) in [6.07, 6.45) is 1.72. The highest BCUT2D eigenvalue weighted by Gasteiger charge is 2.48. The predicted octanol–water partition coefficient (Wildman–Crippen LogP) is 2.14. The third kappa shape index (κ3) is 2.50. The Morgan fingerprint density at radius 3 is 2.67 bits per heavy atom. The van der Waals surface area contributed by atoms with E-state index >= 15 is 0 Å². The van der Waals surface area contributed by atoms with E-state index in [1.165, 1.54) is 11.0 Å². The molecule has 2 aliphatic rings. The number of likely N-dealkylation sites (tertiary alicyclic amines) is 1. The molecule has 3 rings (SSSR count). The summed E-state index contributed by atoms with van der Waals surface area (Å²) in [7, 11) is 0. The maximum Gasteiger partial charge on any atom is 0.326 e. The summed E-state index contributed by atoms with van der Waals surface area (Å²) < 4.78 is 26.1. The quantitative estimate of drug-likeness (QED) is 0.929. The van der Waals surface area contributed by atoms with Crippen LogP contribution in [0, 0.1) is 17.6 Å². The number of carbonyl (C=O) groups excluding carboxylic acids is 1. The molecule has 0 aromatic heterocycles. The summed E-state index contributed by atoms with van der Waals surface area (Å²) in [5.74, 6) is -3.44. The molecular formula is C15H15F2NO3. The number of aliphatic carboxylic acids is 1. The first-order chi connectivity index (χ1) is 9.99. The molecule has 0 radical (unpaired) electrons. The molecule has 112 valence electrons. The molecule has 1 aliphatic carbocycles. The Bertz CT molecular complexity index is 605. The van der Waals surface area contributed by atoms with E-state index in [1.807, 2.05) is 0 Å². The number of rotatable bonds is 3. The minimum Gasteiger partial charge on any atom is -0.480 e. The van der Waals surface area contributed by atoms with Gasteiger partial charge in [-0.15, -0.1) is 0 Å². The standard InChI is InChI=1S/C15H15F2NO3/c16-11-4-3-8(6-12(11)17)9-7-10(9)14(19)18-5-1-2-13(18)15(20)21/h3-4,6,9-10,13H,1-2,5,7H2,(H,20,21). The fraction of sp³-hybridized carbons (Fsp3) is 0.467. The van der Waals surface area contributed by atoms with Gasteiger partial charge in [0.2, 0.25) is 5.91 Å². The zero-order valence-electron chi connectivity index (χ0n) is 11.3. The van der Waals surface area contributed by atoms with Gasteiger partial charge in [-0.25, -0.2) is 13.6 Å². The van der Waals surface area contributed by atoms with Crippen LogP contribution in [0.15, 0.2) is 18.2 Å². The molecular weight excluding hydrogens is 280 g/mol. The molecule has 1 aromatic rings. The van der Waals surface area contributed by atoms with Crippen LogP contribution in [0.2, 0.25) is 0 Å². The normalized spacial score (nSPS) is 27.7. The van der Waals surface area contributed by atoms with Gasteiger partial charge in [-0.3, -0.25) is 4.79 Å². The second-order valence-corrected chi connectivity index (χ2v) is 5.65. The molecule has 21 heavy (non-hydrogen) atoms. The van der Waals surface area contributed by atoms with Crippen molar-refractivity contribution in [3.8, 4) is 0 Å². The smallest absolute Gasteiger partial charge is 0.326 e. The molecule has 1 aliphatic heterocycles. The fourth-order valence-corrected chi connectivity index (χ4v) is 3.08. The number of carboxylic acid groups (broad SMARTS) is 1. The largest absolute Gasteiger partial charge is 0.480 e. The second kappa shape index (κ2) is 5.09. The maximum atomic E-state index is 13.2. The zero-order chi connectivity index (χ0) is 15.1. The molecule has 1 heterocycles. The van der Waals surface area contributed by atoms with Crippen LogP contribution < -0.4 is 0 Å². The number of nitrogens with zero attached hydrogens (tertiary/aromatic N) is 1. The Kier molecular flexibility index (Phi) is 3.39. The lowest BCUT2D eigenvalue weighted by atomic mass is 10.1. The van der Waals surface area contributed by atoms with Gasteiger partial charge < -0.3 is 10.0 Å². The van der Waals surface area contributed by atoms with Gasteiger partial charge in [-0.2, -0.15) is 0 Å². The van der Waals surface area contributed by atoms with Gasteiger partial charge in [-0.1, -0.05) is 6.07 Å².